The number of carbonyl (C=O) groups is 1. The largest absolute Gasteiger partial charge is 0.353 e. The number of imidazole rings is 1. The van der Waals surface area contributed by atoms with E-state index >= 15 is 0 Å². The minimum Gasteiger partial charge on any atom is -0.353 e. The van der Waals surface area contributed by atoms with E-state index in [2.05, 4.69) is 44.9 Å². The molecule has 8 nitrogen and oxygen atoms in total. The fourth-order valence-corrected chi connectivity index (χ4v) is 4.78. The third kappa shape index (κ3) is 5.33. The monoisotopic (exact) mass is 445 g/mol. The molecule has 3 atom stereocenters. The van der Waals surface area contributed by atoms with Crippen molar-refractivity contribution in [2.75, 3.05) is 0 Å². The van der Waals surface area contributed by atoms with Crippen molar-refractivity contribution >= 4 is 17.1 Å². The Balaban J connectivity index is 1.86. The smallest absolute Gasteiger partial charge is 0.330 e. The Morgan fingerprint density at radius 2 is 1.97 bits per heavy atom. The fraction of sp³-hybridized carbons (Fsp3) is 0.750. The molecule has 1 aliphatic rings. The van der Waals surface area contributed by atoms with Crippen LogP contribution in [0.15, 0.2) is 9.59 Å². The number of rotatable bonds is 9. The van der Waals surface area contributed by atoms with Crippen molar-refractivity contribution in [1.29, 1.82) is 0 Å². The molecule has 8 heteroatoms. The van der Waals surface area contributed by atoms with Gasteiger partial charge in [0.05, 0.1) is 0 Å². The van der Waals surface area contributed by atoms with E-state index in [1.54, 1.807) is 4.57 Å². The first-order valence-corrected chi connectivity index (χ1v) is 12.2. The van der Waals surface area contributed by atoms with Gasteiger partial charge in [-0.25, -0.2) is 9.78 Å². The number of unbranched alkanes of at least 4 members (excludes halogenated alkanes) is 1. The zero-order valence-electron chi connectivity index (χ0n) is 20.2. The van der Waals surface area contributed by atoms with Crippen LogP contribution in [0.4, 0.5) is 0 Å². The van der Waals surface area contributed by atoms with Crippen molar-refractivity contribution in [3.05, 3.63) is 26.7 Å². The van der Waals surface area contributed by atoms with Crippen LogP contribution in [0.5, 0.6) is 0 Å². The van der Waals surface area contributed by atoms with E-state index < -0.39 is 11.2 Å². The van der Waals surface area contributed by atoms with Gasteiger partial charge in [-0.15, -0.1) is 0 Å². The van der Waals surface area contributed by atoms with Crippen molar-refractivity contribution in [3.63, 3.8) is 0 Å². The Morgan fingerprint density at radius 3 is 2.66 bits per heavy atom. The van der Waals surface area contributed by atoms with Crippen LogP contribution in [0.1, 0.15) is 79.0 Å². The van der Waals surface area contributed by atoms with Crippen LogP contribution < -0.4 is 16.6 Å². The summed E-state index contributed by atoms with van der Waals surface area (Å²) >= 11 is 0. The molecule has 0 aliphatic heterocycles. The summed E-state index contributed by atoms with van der Waals surface area (Å²) in [4.78, 5) is 45.1. The van der Waals surface area contributed by atoms with Gasteiger partial charge in [-0.2, -0.15) is 0 Å². The molecule has 2 aromatic rings. The predicted octanol–water partition coefficient (Wildman–Crippen LogP) is 3.22. The summed E-state index contributed by atoms with van der Waals surface area (Å²) in [5, 5.41) is 3.22. The molecule has 2 aromatic heterocycles. The maximum atomic E-state index is 12.7. The molecule has 0 aromatic carbocycles. The minimum absolute atomic E-state index is 0.0244. The highest BCUT2D eigenvalue weighted by atomic mass is 16.2. The molecule has 0 spiro atoms. The number of nitrogens with one attached hydrogen (secondary N) is 2. The molecule has 2 N–H and O–H groups in total. The minimum atomic E-state index is -0.421. The third-order valence-corrected chi connectivity index (χ3v) is 6.88. The van der Waals surface area contributed by atoms with Gasteiger partial charge < -0.3 is 9.88 Å². The van der Waals surface area contributed by atoms with Crippen molar-refractivity contribution in [3.8, 4) is 0 Å². The van der Waals surface area contributed by atoms with Gasteiger partial charge in [0.15, 0.2) is 11.2 Å². The number of aromatic amines is 1. The average molecular weight is 446 g/mol. The van der Waals surface area contributed by atoms with E-state index in [0.717, 1.165) is 25.7 Å². The van der Waals surface area contributed by atoms with Crippen molar-refractivity contribution < 1.29 is 4.79 Å². The molecule has 1 saturated carbocycles. The molecule has 178 valence electrons. The molecule has 0 radical (unpaired) electrons. The van der Waals surface area contributed by atoms with Gasteiger partial charge in [-0.05, 0) is 30.6 Å². The summed E-state index contributed by atoms with van der Waals surface area (Å²) in [7, 11) is 0. The van der Waals surface area contributed by atoms with Crippen LogP contribution in [-0.2, 0) is 24.3 Å². The lowest BCUT2D eigenvalue weighted by molar-refractivity contribution is -0.122. The summed E-state index contributed by atoms with van der Waals surface area (Å²) in [6, 6.07) is 0.225. The maximum Gasteiger partial charge on any atom is 0.330 e. The zero-order chi connectivity index (χ0) is 23.4. The predicted molar refractivity (Wildman–Crippen MR) is 127 cm³/mol. The van der Waals surface area contributed by atoms with E-state index in [1.807, 2.05) is 4.57 Å². The van der Waals surface area contributed by atoms with Gasteiger partial charge in [0.1, 0.15) is 5.82 Å². The molecule has 32 heavy (non-hydrogen) atoms. The second-order valence-corrected chi connectivity index (χ2v) is 9.91. The van der Waals surface area contributed by atoms with E-state index in [0.29, 0.717) is 60.7 Å². The van der Waals surface area contributed by atoms with Crippen LogP contribution in [-0.4, -0.2) is 31.1 Å². The standard InChI is InChI=1S/C24H39N5O3/c1-6-7-13-28-22-21(23(31)27-24(28)32)29(14-15(2)3)19(26-22)11-12-20(30)25-18-10-8-9-16(4)17(18)5/h15-18H,6-14H2,1-5H3,(H,25,30)(H,27,31,32). The Labute approximate surface area is 189 Å². The number of carbonyl (C=O) groups excluding carboxylic acids is 1. The Hall–Kier alpha value is -2.38. The highest BCUT2D eigenvalue weighted by molar-refractivity contribution is 5.77. The van der Waals surface area contributed by atoms with Crippen LogP contribution in [0.25, 0.3) is 11.2 Å². The van der Waals surface area contributed by atoms with Gasteiger partial charge in [0.25, 0.3) is 5.56 Å². The maximum absolute atomic E-state index is 12.7. The topological polar surface area (TPSA) is 102 Å². The molecule has 1 amide bonds. The number of fused-ring (bicyclic) bond motifs is 1. The average Bonchev–Trinajstić information content (AvgIpc) is 3.07. The second kappa shape index (κ2) is 10.5. The summed E-state index contributed by atoms with van der Waals surface area (Å²) in [6.45, 7) is 11.8. The van der Waals surface area contributed by atoms with Crippen LogP contribution in [0, 0.1) is 17.8 Å². The van der Waals surface area contributed by atoms with Gasteiger partial charge >= 0.3 is 5.69 Å². The van der Waals surface area contributed by atoms with Crippen molar-refractivity contribution in [1.82, 2.24) is 24.4 Å². The second-order valence-electron chi connectivity index (χ2n) is 9.91. The molecule has 0 bridgehead atoms. The molecular formula is C24H39N5O3. The number of hydrogen-bond donors (Lipinski definition) is 2. The van der Waals surface area contributed by atoms with E-state index in [9.17, 15) is 14.4 Å². The van der Waals surface area contributed by atoms with Crippen molar-refractivity contribution in [2.45, 2.75) is 98.7 Å². The molecule has 1 fully saturated rings. The molecular weight excluding hydrogens is 406 g/mol. The number of aromatic nitrogens is 4. The lowest BCUT2D eigenvalue weighted by Crippen LogP contribution is -2.43. The molecule has 3 unspecified atom stereocenters. The molecule has 3 rings (SSSR count). The van der Waals surface area contributed by atoms with Crippen LogP contribution in [0.3, 0.4) is 0 Å². The van der Waals surface area contributed by atoms with E-state index in [1.165, 1.54) is 6.42 Å². The van der Waals surface area contributed by atoms with Gasteiger partial charge in [0, 0.05) is 32.0 Å². The highest BCUT2D eigenvalue weighted by Crippen LogP contribution is 2.29. The van der Waals surface area contributed by atoms with Crippen LogP contribution >= 0.6 is 0 Å². The van der Waals surface area contributed by atoms with Crippen LogP contribution in [0.2, 0.25) is 0 Å². The van der Waals surface area contributed by atoms with Gasteiger partial charge in [-0.3, -0.25) is 19.1 Å². The number of hydrogen-bond acceptors (Lipinski definition) is 4. The number of H-pyrrole nitrogens is 1. The first-order valence-electron chi connectivity index (χ1n) is 12.2. The van der Waals surface area contributed by atoms with E-state index in [-0.39, 0.29) is 11.9 Å². The van der Waals surface area contributed by atoms with Gasteiger partial charge in [0.2, 0.25) is 5.91 Å². The fourth-order valence-electron chi connectivity index (χ4n) is 4.78. The zero-order valence-corrected chi connectivity index (χ0v) is 20.2. The lowest BCUT2D eigenvalue weighted by atomic mass is 9.78. The summed E-state index contributed by atoms with van der Waals surface area (Å²) in [5.41, 5.74) is 0.0268. The Kier molecular flexibility index (Phi) is 7.96. The highest BCUT2D eigenvalue weighted by Gasteiger charge is 2.28. The SMILES string of the molecule is CCCCn1c(=O)[nH]c(=O)c2c1nc(CCC(=O)NC1CCCC(C)C1C)n2CC(C)C. The third-order valence-electron chi connectivity index (χ3n) is 6.88. The quantitative estimate of drug-likeness (QED) is 0.619. The lowest BCUT2D eigenvalue weighted by Gasteiger charge is -2.34. The summed E-state index contributed by atoms with van der Waals surface area (Å²) in [6.07, 6.45) is 5.92. The Bertz CT molecular complexity index is 1050. The first kappa shape index (κ1) is 24.3. The Morgan fingerprint density at radius 1 is 1.22 bits per heavy atom. The van der Waals surface area contributed by atoms with Gasteiger partial charge in [-0.1, -0.05) is 53.9 Å². The summed E-state index contributed by atoms with van der Waals surface area (Å²) in [5.74, 6) is 2.10. The van der Waals surface area contributed by atoms with Crippen molar-refractivity contribution in [2.24, 2.45) is 17.8 Å². The molecule has 1 aliphatic carbocycles. The summed E-state index contributed by atoms with van der Waals surface area (Å²) < 4.78 is 3.46. The first-order chi connectivity index (χ1) is 15.2. The normalized spacial score (nSPS) is 21.4. The number of aryl methyl sites for hydroxylation is 2. The number of amides is 1. The number of nitrogens with zero attached hydrogens (tertiary/aromatic N) is 3. The molecule has 0 saturated heterocycles. The van der Waals surface area contributed by atoms with E-state index in [4.69, 9.17) is 4.98 Å². The molecule has 2 heterocycles.